The number of rotatable bonds is 2. The first-order valence-corrected chi connectivity index (χ1v) is 6.93. The summed E-state index contributed by atoms with van der Waals surface area (Å²) in [4.78, 5) is 13.7. The number of likely N-dealkylation sites (tertiary alicyclic amines) is 1. The van der Waals surface area contributed by atoms with E-state index < -0.39 is 18.0 Å². The van der Waals surface area contributed by atoms with E-state index >= 15 is 0 Å². The van der Waals surface area contributed by atoms with E-state index in [2.05, 4.69) is 5.10 Å². The Balaban J connectivity index is 2.22. The van der Waals surface area contributed by atoms with E-state index in [0.717, 1.165) is 0 Å². The second-order valence-corrected chi connectivity index (χ2v) is 5.32. The molecule has 118 valence electrons. The molecule has 1 saturated heterocycles. The Morgan fingerprint density at radius 2 is 2.14 bits per heavy atom. The molecule has 2 N–H and O–H groups in total. The van der Waals surface area contributed by atoms with Gasteiger partial charge in [-0.1, -0.05) is 6.92 Å². The van der Waals surface area contributed by atoms with Crippen molar-refractivity contribution in [1.29, 1.82) is 0 Å². The van der Waals surface area contributed by atoms with Crippen molar-refractivity contribution >= 4 is 11.6 Å². The second-order valence-electron chi connectivity index (χ2n) is 5.32. The molecule has 0 aliphatic carbocycles. The summed E-state index contributed by atoms with van der Waals surface area (Å²) in [5, 5.41) is 4.13. The van der Waals surface area contributed by atoms with Gasteiger partial charge in [-0.2, -0.15) is 18.3 Å². The fraction of sp³-hybridized carbons (Fsp3) is 0.692. The quantitative estimate of drug-likeness (QED) is 0.908. The fourth-order valence-electron chi connectivity index (χ4n) is 2.69. The van der Waals surface area contributed by atoms with E-state index in [-0.39, 0.29) is 24.3 Å². The monoisotopic (exact) mass is 304 g/mol. The number of alkyl halides is 3. The maximum Gasteiger partial charge on any atom is 0.393 e. The molecule has 5 nitrogen and oxygen atoms in total. The van der Waals surface area contributed by atoms with Gasteiger partial charge in [0, 0.05) is 20.1 Å². The van der Waals surface area contributed by atoms with Gasteiger partial charge in [0.05, 0.1) is 17.3 Å². The summed E-state index contributed by atoms with van der Waals surface area (Å²) in [5.41, 5.74) is 6.92. The van der Waals surface area contributed by atoms with Crippen LogP contribution in [0.1, 0.15) is 35.9 Å². The number of hydrogen-bond donors (Lipinski definition) is 1. The van der Waals surface area contributed by atoms with Gasteiger partial charge in [0.15, 0.2) is 0 Å². The van der Waals surface area contributed by atoms with Crippen LogP contribution in [0.2, 0.25) is 0 Å². The van der Waals surface area contributed by atoms with Crippen LogP contribution in [0.4, 0.5) is 18.9 Å². The number of aryl methyl sites for hydroxylation is 2. The Labute approximate surface area is 120 Å². The van der Waals surface area contributed by atoms with E-state index in [1.54, 1.807) is 7.05 Å². The summed E-state index contributed by atoms with van der Waals surface area (Å²) in [6.45, 7) is 1.86. The highest BCUT2D eigenvalue weighted by atomic mass is 19.4. The van der Waals surface area contributed by atoms with Crippen LogP contribution in [0.25, 0.3) is 0 Å². The van der Waals surface area contributed by atoms with Crippen LogP contribution in [0.5, 0.6) is 0 Å². The molecule has 0 bridgehead atoms. The number of halogens is 3. The highest BCUT2D eigenvalue weighted by Gasteiger charge is 2.43. The van der Waals surface area contributed by atoms with Crippen molar-refractivity contribution in [2.24, 2.45) is 13.0 Å². The average Bonchev–Trinajstić information content (AvgIpc) is 2.72. The Hall–Kier alpha value is -1.73. The van der Waals surface area contributed by atoms with Gasteiger partial charge in [0.1, 0.15) is 5.69 Å². The van der Waals surface area contributed by atoms with Gasteiger partial charge >= 0.3 is 6.18 Å². The van der Waals surface area contributed by atoms with Gasteiger partial charge in [0.2, 0.25) is 0 Å². The number of hydrogen-bond acceptors (Lipinski definition) is 3. The van der Waals surface area contributed by atoms with Crippen LogP contribution < -0.4 is 5.73 Å². The van der Waals surface area contributed by atoms with E-state index in [0.29, 0.717) is 25.1 Å². The van der Waals surface area contributed by atoms with Crippen molar-refractivity contribution in [2.75, 3.05) is 18.8 Å². The van der Waals surface area contributed by atoms with Gasteiger partial charge in [-0.25, -0.2) is 0 Å². The minimum atomic E-state index is -4.27. The number of aromatic nitrogens is 2. The minimum Gasteiger partial charge on any atom is -0.395 e. The van der Waals surface area contributed by atoms with E-state index in [1.165, 1.54) is 9.58 Å². The fourth-order valence-corrected chi connectivity index (χ4v) is 2.69. The number of piperidine rings is 1. The highest BCUT2D eigenvalue weighted by molar-refractivity contribution is 5.98. The lowest BCUT2D eigenvalue weighted by Gasteiger charge is -2.33. The molecule has 2 heterocycles. The summed E-state index contributed by atoms with van der Waals surface area (Å²) in [5.74, 6) is -1.94. The van der Waals surface area contributed by atoms with Crippen molar-refractivity contribution in [1.82, 2.24) is 14.7 Å². The molecule has 0 spiro atoms. The summed E-state index contributed by atoms with van der Waals surface area (Å²) in [6.07, 6.45) is -3.30. The average molecular weight is 304 g/mol. The predicted molar refractivity (Wildman–Crippen MR) is 71.7 cm³/mol. The zero-order valence-electron chi connectivity index (χ0n) is 12.1. The molecule has 1 aromatic rings. The summed E-state index contributed by atoms with van der Waals surface area (Å²) in [6, 6.07) is 0. The van der Waals surface area contributed by atoms with Crippen molar-refractivity contribution in [2.45, 2.75) is 32.4 Å². The van der Waals surface area contributed by atoms with Crippen molar-refractivity contribution in [3.63, 3.8) is 0 Å². The topological polar surface area (TPSA) is 64.2 Å². The summed E-state index contributed by atoms with van der Waals surface area (Å²) >= 11 is 0. The highest BCUT2D eigenvalue weighted by Crippen LogP contribution is 2.34. The normalized spacial score (nSPS) is 19.9. The molecule has 8 heteroatoms. The first kappa shape index (κ1) is 15.7. The third-order valence-electron chi connectivity index (χ3n) is 3.87. The molecular weight excluding hydrogens is 285 g/mol. The van der Waals surface area contributed by atoms with E-state index in [4.69, 9.17) is 5.73 Å². The van der Waals surface area contributed by atoms with Crippen LogP contribution >= 0.6 is 0 Å². The molecule has 0 saturated carbocycles. The standard InChI is InChI=1S/C13H19F3N4O/c1-3-9-10(17)11(19(2)18-9)12(21)20-6-4-5-8(7-20)13(14,15)16/h8H,3-7,17H2,1-2H3. The zero-order chi connectivity index (χ0) is 15.8. The molecule has 1 aromatic heterocycles. The number of carbonyl (C=O) groups excluding carboxylic acids is 1. The predicted octanol–water partition coefficient (Wildman–Crippen LogP) is 1.98. The first-order chi connectivity index (χ1) is 9.75. The maximum atomic E-state index is 12.8. The zero-order valence-corrected chi connectivity index (χ0v) is 12.1. The van der Waals surface area contributed by atoms with Gasteiger partial charge in [-0.05, 0) is 19.3 Å². The molecule has 1 fully saturated rings. The van der Waals surface area contributed by atoms with E-state index in [9.17, 15) is 18.0 Å². The van der Waals surface area contributed by atoms with Crippen LogP contribution in [0, 0.1) is 5.92 Å². The summed E-state index contributed by atoms with van der Waals surface area (Å²) < 4.78 is 39.8. The van der Waals surface area contributed by atoms with Crippen LogP contribution in [-0.4, -0.2) is 39.9 Å². The lowest BCUT2D eigenvalue weighted by Crippen LogP contribution is -2.45. The van der Waals surface area contributed by atoms with Crippen LogP contribution in [0.3, 0.4) is 0 Å². The molecule has 21 heavy (non-hydrogen) atoms. The third-order valence-corrected chi connectivity index (χ3v) is 3.87. The van der Waals surface area contributed by atoms with Gasteiger partial charge in [0.25, 0.3) is 5.91 Å². The van der Waals surface area contributed by atoms with Gasteiger partial charge in [-0.15, -0.1) is 0 Å². The smallest absolute Gasteiger partial charge is 0.393 e. The third kappa shape index (κ3) is 2.98. The second kappa shape index (κ2) is 5.57. The van der Waals surface area contributed by atoms with Crippen LogP contribution in [0.15, 0.2) is 0 Å². The molecule has 1 atom stereocenters. The number of nitrogen functional groups attached to an aromatic ring is 1. The first-order valence-electron chi connectivity index (χ1n) is 6.93. The SMILES string of the molecule is CCc1nn(C)c(C(=O)N2CCCC(C(F)(F)F)C2)c1N. The minimum absolute atomic E-state index is 0.0638. The maximum absolute atomic E-state index is 12.8. The lowest BCUT2D eigenvalue weighted by atomic mass is 9.97. The summed E-state index contributed by atoms with van der Waals surface area (Å²) in [7, 11) is 1.58. The van der Waals surface area contributed by atoms with E-state index in [1.807, 2.05) is 6.92 Å². The molecule has 1 aliphatic heterocycles. The van der Waals surface area contributed by atoms with Crippen LogP contribution in [-0.2, 0) is 13.5 Å². The van der Waals surface area contributed by atoms with Gasteiger partial charge in [-0.3, -0.25) is 9.48 Å². The molecule has 1 unspecified atom stereocenters. The number of nitrogens with two attached hydrogens (primary N) is 1. The number of amides is 1. The number of carbonyl (C=O) groups is 1. The Kier molecular flexibility index (Phi) is 4.15. The number of anilines is 1. The Morgan fingerprint density at radius 3 is 2.67 bits per heavy atom. The lowest BCUT2D eigenvalue weighted by molar-refractivity contribution is -0.184. The van der Waals surface area contributed by atoms with Crippen molar-refractivity contribution < 1.29 is 18.0 Å². The largest absolute Gasteiger partial charge is 0.395 e. The Bertz CT molecular complexity index is 538. The molecular formula is C13H19F3N4O. The molecule has 1 amide bonds. The molecule has 1 aliphatic rings. The van der Waals surface area contributed by atoms with Crippen molar-refractivity contribution in [3.05, 3.63) is 11.4 Å². The molecule has 0 aromatic carbocycles. The van der Waals surface area contributed by atoms with Crippen molar-refractivity contribution in [3.8, 4) is 0 Å². The Morgan fingerprint density at radius 1 is 1.48 bits per heavy atom. The molecule has 0 radical (unpaired) electrons. The van der Waals surface area contributed by atoms with Gasteiger partial charge < -0.3 is 10.6 Å². The molecule has 2 rings (SSSR count). The number of nitrogens with zero attached hydrogens (tertiary/aromatic N) is 3.